The van der Waals surface area contributed by atoms with Gasteiger partial charge in [0.15, 0.2) is 0 Å². The van der Waals surface area contributed by atoms with Crippen molar-refractivity contribution >= 4 is 5.71 Å². The van der Waals surface area contributed by atoms with Crippen LogP contribution in [-0.4, -0.2) is 43.1 Å². The molecule has 1 N–H and O–H groups in total. The van der Waals surface area contributed by atoms with Crippen LogP contribution in [0.4, 0.5) is 0 Å². The van der Waals surface area contributed by atoms with Gasteiger partial charge in [-0.25, -0.2) is 0 Å². The lowest BCUT2D eigenvalue weighted by Gasteiger charge is -2.11. The fourth-order valence-electron chi connectivity index (χ4n) is 1.20. The molecule has 0 amide bonds. The van der Waals surface area contributed by atoms with E-state index in [1.54, 1.807) is 6.92 Å². The van der Waals surface area contributed by atoms with Crippen molar-refractivity contribution in [2.45, 2.75) is 6.92 Å². The standard InChI is InChI=1S/C12H18N2O2/c1-10(13-15)11-4-6-12(7-5-11)16-9-8-14(2)3/h4-7,15H,8-9H2,1-3H3/b13-10+. The Hall–Kier alpha value is -1.55. The van der Waals surface area contributed by atoms with Gasteiger partial charge in [-0.1, -0.05) is 5.16 Å². The van der Waals surface area contributed by atoms with E-state index < -0.39 is 0 Å². The molecule has 0 aliphatic carbocycles. The maximum absolute atomic E-state index is 8.61. The molecule has 0 radical (unpaired) electrons. The first kappa shape index (κ1) is 12.5. The highest BCUT2D eigenvalue weighted by Crippen LogP contribution is 2.12. The molecule has 0 saturated carbocycles. The number of nitrogens with zero attached hydrogens (tertiary/aromatic N) is 2. The van der Waals surface area contributed by atoms with Crippen molar-refractivity contribution in [3.63, 3.8) is 0 Å². The van der Waals surface area contributed by atoms with Crippen LogP contribution < -0.4 is 4.74 Å². The molecule has 0 heterocycles. The number of hydrogen-bond acceptors (Lipinski definition) is 4. The van der Waals surface area contributed by atoms with Crippen LogP contribution in [0.3, 0.4) is 0 Å². The van der Waals surface area contributed by atoms with Crippen LogP contribution in [0.2, 0.25) is 0 Å². The zero-order valence-electron chi connectivity index (χ0n) is 9.97. The monoisotopic (exact) mass is 222 g/mol. The second-order valence-electron chi connectivity index (χ2n) is 3.86. The summed E-state index contributed by atoms with van der Waals surface area (Å²) in [6.07, 6.45) is 0. The minimum atomic E-state index is 0.597. The third kappa shape index (κ3) is 3.90. The lowest BCUT2D eigenvalue weighted by Crippen LogP contribution is -2.19. The summed E-state index contributed by atoms with van der Waals surface area (Å²) in [6.45, 7) is 3.31. The predicted molar refractivity (Wildman–Crippen MR) is 64.5 cm³/mol. The quantitative estimate of drug-likeness (QED) is 0.469. The van der Waals surface area contributed by atoms with E-state index in [2.05, 4.69) is 10.1 Å². The van der Waals surface area contributed by atoms with E-state index in [4.69, 9.17) is 9.94 Å². The molecule has 0 aliphatic heterocycles. The average molecular weight is 222 g/mol. The molecule has 0 spiro atoms. The van der Waals surface area contributed by atoms with Gasteiger partial charge in [-0.15, -0.1) is 0 Å². The maximum atomic E-state index is 8.61. The third-order valence-electron chi connectivity index (χ3n) is 2.23. The van der Waals surface area contributed by atoms with Crippen molar-refractivity contribution in [2.75, 3.05) is 27.2 Å². The first-order valence-electron chi connectivity index (χ1n) is 5.20. The van der Waals surface area contributed by atoms with Crippen molar-refractivity contribution in [3.05, 3.63) is 29.8 Å². The van der Waals surface area contributed by atoms with Gasteiger partial charge < -0.3 is 14.8 Å². The van der Waals surface area contributed by atoms with Gasteiger partial charge in [0, 0.05) is 6.54 Å². The topological polar surface area (TPSA) is 45.1 Å². The van der Waals surface area contributed by atoms with Gasteiger partial charge in [0.05, 0.1) is 5.71 Å². The molecule has 1 aromatic carbocycles. The normalized spacial score (nSPS) is 11.9. The Morgan fingerprint density at radius 1 is 1.31 bits per heavy atom. The molecule has 0 atom stereocenters. The molecule has 0 fully saturated rings. The van der Waals surface area contributed by atoms with E-state index in [9.17, 15) is 0 Å². The van der Waals surface area contributed by atoms with Crippen LogP contribution in [0.1, 0.15) is 12.5 Å². The van der Waals surface area contributed by atoms with Gasteiger partial charge in [-0.2, -0.15) is 0 Å². The van der Waals surface area contributed by atoms with Crippen LogP contribution in [0.25, 0.3) is 0 Å². The smallest absolute Gasteiger partial charge is 0.119 e. The molecule has 1 rings (SSSR count). The summed E-state index contributed by atoms with van der Waals surface area (Å²) in [5, 5.41) is 11.8. The SMILES string of the molecule is C/C(=N\O)c1ccc(OCCN(C)C)cc1. The lowest BCUT2D eigenvalue weighted by molar-refractivity contribution is 0.261. The van der Waals surface area contributed by atoms with Gasteiger partial charge in [-0.3, -0.25) is 0 Å². The van der Waals surface area contributed by atoms with Gasteiger partial charge in [0.25, 0.3) is 0 Å². The Bertz CT molecular complexity index is 345. The zero-order chi connectivity index (χ0) is 12.0. The van der Waals surface area contributed by atoms with E-state index in [0.717, 1.165) is 17.9 Å². The molecule has 1 aromatic rings. The lowest BCUT2D eigenvalue weighted by atomic mass is 10.1. The molecule has 0 saturated heterocycles. The van der Waals surface area contributed by atoms with Gasteiger partial charge in [0.2, 0.25) is 0 Å². The van der Waals surface area contributed by atoms with E-state index in [0.29, 0.717) is 12.3 Å². The van der Waals surface area contributed by atoms with E-state index in [1.165, 1.54) is 0 Å². The number of rotatable bonds is 5. The van der Waals surface area contributed by atoms with Gasteiger partial charge in [0.1, 0.15) is 12.4 Å². The fourth-order valence-corrected chi connectivity index (χ4v) is 1.20. The Kier molecular flexibility index (Phi) is 4.79. The number of likely N-dealkylation sites (N-methyl/N-ethyl adjacent to an activating group) is 1. The molecule has 0 unspecified atom stereocenters. The Morgan fingerprint density at radius 2 is 1.94 bits per heavy atom. The molecular formula is C12H18N2O2. The highest BCUT2D eigenvalue weighted by molar-refractivity contribution is 5.98. The molecule has 16 heavy (non-hydrogen) atoms. The fraction of sp³-hybridized carbons (Fsp3) is 0.417. The van der Waals surface area contributed by atoms with Gasteiger partial charge in [-0.05, 0) is 50.8 Å². The molecule has 88 valence electrons. The van der Waals surface area contributed by atoms with Crippen molar-refractivity contribution in [3.8, 4) is 5.75 Å². The zero-order valence-corrected chi connectivity index (χ0v) is 9.97. The van der Waals surface area contributed by atoms with E-state index in [-0.39, 0.29) is 0 Å². The highest BCUT2D eigenvalue weighted by Gasteiger charge is 1.99. The van der Waals surface area contributed by atoms with Crippen LogP contribution in [-0.2, 0) is 0 Å². The second-order valence-corrected chi connectivity index (χ2v) is 3.86. The molecule has 4 nitrogen and oxygen atoms in total. The number of oxime groups is 1. The highest BCUT2D eigenvalue weighted by atomic mass is 16.5. The molecule has 0 aliphatic rings. The van der Waals surface area contributed by atoms with E-state index >= 15 is 0 Å². The summed E-state index contributed by atoms with van der Waals surface area (Å²) in [4.78, 5) is 2.07. The van der Waals surface area contributed by atoms with Crippen molar-refractivity contribution in [1.29, 1.82) is 0 Å². The first-order valence-corrected chi connectivity index (χ1v) is 5.20. The third-order valence-corrected chi connectivity index (χ3v) is 2.23. The Labute approximate surface area is 96.1 Å². The average Bonchev–Trinajstić information content (AvgIpc) is 2.28. The maximum Gasteiger partial charge on any atom is 0.119 e. The molecule has 0 bridgehead atoms. The first-order chi connectivity index (χ1) is 7.63. The molecular weight excluding hydrogens is 204 g/mol. The molecule has 4 heteroatoms. The summed E-state index contributed by atoms with van der Waals surface area (Å²) >= 11 is 0. The minimum Gasteiger partial charge on any atom is -0.492 e. The van der Waals surface area contributed by atoms with Crippen molar-refractivity contribution < 1.29 is 9.94 Å². The van der Waals surface area contributed by atoms with Crippen molar-refractivity contribution in [2.24, 2.45) is 5.16 Å². The predicted octanol–water partition coefficient (Wildman–Crippen LogP) is 1.83. The Morgan fingerprint density at radius 3 is 2.44 bits per heavy atom. The van der Waals surface area contributed by atoms with Gasteiger partial charge >= 0.3 is 0 Å². The van der Waals surface area contributed by atoms with Crippen molar-refractivity contribution in [1.82, 2.24) is 4.90 Å². The number of ether oxygens (including phenoxy) is 1. The Balaban J connectivity index is 2.52. The summed E-state index contributed by atoms with van der Waals surface area (Å²) in [5.74, 6) is 0.830. The van der Waals surface area contributed by atoms with Crippen LogP contribution >= 0.6 is 0 Å². The van der Waals surface area contributed by atoms with Crippen LogP contribution in [0, 0.1) is 0 Å². The largest absolute Gasteiger partial charge is 0.492 e. The minimum absolute atomic E-state index is 0.597. The number of benzene rings is 1. The summed E-state index contributed by atoms with van der Waals surface area (Å²) in [6, 6.07) is 7.50. The van der Waals surface area contributed by atoms with Crippen LogP contribution in [0.15, 0.2) is 29.4 Å². The summed E-state index contributed by atoms with van der Waals surface area (Å²) in [7, 11) is 4.01. The number of hydrogen-bond donors (Lipinski definition) is 1. The van der Waals surface area contributed by atoms with E-state index in [1.807, 2.05) is 38.4 Å². The summed E-state index contributed by atoms with van der Waals surface area (Å²) < 4.78 is 5.54. The molecule has 0 aromatic heterocycles. The summed E-state index contributed by atoms with van der Waals surface area (Å²) in [5.41, 5.74) is 1.49. The second kappa shape index (κ2) is 6.12. The van der Waals surface area contributed by atoms with Crippen LogP contribution in [0.5, 0.6) is 5.75 Å².